The zero-order chi connectivity index (χ0) is 16.9. The molecule has 7 heteroatoms. The first-order valence-corrected chi connectivity index (χ1v) is 7.90. The van der Waals surface area contributed by atoms with Crippen LogP contribution in [0.3, 0.4) is 0 Å². The summed E-state index contributed by atoms with van der Waals surface area (Å²) in [5, 5.41) is 19.1. The summed E-state index contributed by atoms with van der Waals surface area (Å²) in [4.78, 5) is 16.4. The lowest BCUT2D eigenvalue weighted by Gasteiger charge is -2.35. The zero-order valence-electron chi connectivity index (χ0n) is 13.7. The fourth-order valence-electron chi connectivity index (χ4n) is 2.85. The third-order valence-electron chi connectivity index (χ3n) is 4.20. The van der Waals surface area contributed by atoms with Crippen molar-refractivity contribution in [3.8, 4) is 6.07 Å². The number of carbonyl (C=O) groups is 1. The van der Waals surface area contributed by atoms with Gasteiger partial charge in [-0.2, -0.15) is 5.26 Å². The minimum Gasteiger partial charge on any atom is -0.467 e. The van der Waals surface area contributed by atoms with Crippen molar-refractivity contribution in [3.05, 3.63) is 59.5 Å². The van der Waals surface area contributed by atoms with E-state index in [0.717, 1.165) is 0 Å². The van der Waals surface area contributed by atoms with E-state index in [-0.39, 0.29) is 18.3 Å². The van der Waals surface area contributed by atoms with Crippen LogP contribution in [0.25, 0.3) is 0 Å². The van der Waals surface area contributed by atoms with E-state index in [4.69, 9.17) is 9.68 Å². The Balaban J connectivity index is 0.00000225. The topological polar surface area (TPSA) is 80.7 Å². The molecule has 0 saturated carbocycles. The van der Waals surface area contributed by atoms with Crippen LogP contribution in [-0.4, -0.2) is 53.5 Å². The second-order valence-corrected chi connectivity index (χ2v) is 5.82. The molecule has 1 unspecified atom stereocenters. The van der Waals surface area contributed by atoms with Gasteiger partial charge in [-0.25, -0.2) is 0 Å². The number of carbonyl (C=O) groups excluding carboxylic acids is 1. The van der Waals surface area contributed by atoms with Crippen LogP contribution in [-0.2, 0) is 0 Å². The second kappa shape index (κ2) is 8.67. The number of halogens is 1. The van der Waals surface area contributed by atoms with Gasteiger partial charge in [-0.1, -0.05) is 6.07 Å². The molecule has 2 heterocycles. The summed E-state index contributed by atoms with van der Waals surface area (Å²) in [7, 11) is 0. The van der Waals surface area contributed by atoms with Crippen LogP contribution in [0.2, 0.25) is 0 Å². The maximum Gasteiger partial charge on any atom is 0.253 e. The Bertz CT molecular complexity index is 734. The van der Waals surface area contributed by atoms with Crippen molar-refractivity contribution in [2.45, 2.75) is 6.10 Å². The molecule has 1 aliphatic heterocycles. The summed E-state index contributed by atoms with van der Waals surface area (Å²) in [5.74, 6) is 0.500. The zero-order valence-corrected chi connectivity index (χ0v) is 14.5. The average molecular weight is 362 g/mol. The highest BCUT2D eigenvalue weighted by molar-refractivity contribution is 5.94. The van der Waals surface area contributed by atoms with E-state index in [1.165, 1.54) is 0 Å². The van der Waals surface area contributed by atoms with Crippen LogP contribution in [0.15, 0.2) is 47.1 Å². The second-order valence-electron chi connectivity index (χ2n) is 5.82. The molecule has 1 amide bonds. The minimum absolute atomic E-state index is 0. The van der Waals surface area contributed by atoms with E-state index in [9.17, 15) is 9.90 Å². The van der Waals surface area contributed by atoms with Gasteiger partial charge in [0.15, 0.2) is 0 Å². The Labute approximate surface area is 152 Å². The molecular formula is C18H20ClN3O3. The summed E-state index contributed by atoms with van der Waals surface area (Å²) < 4.78 is 5.21. The Hall–Kier alpha value is -2.33. The monoisotopic (exact) mass is 361 g/mol. The molecule has 0 bridgehead atoms. The lowest BCUT2D eigenvalue weighted by molar-refractivity contribution is 0.0486. The van der Waals surface area contributed by atoms with Gasteiger partial charge in [0, 0.05) is 38.3 Å². The minimum atomic E-state index is -0.658. The number of rotatable bonds is 4. The van der Waals surface area contributed by atoms with Gasteiger partial charge in [-0.3, -0.25) is 9.69 Å². The normalized spacial score (nSPS) is 15.9. The Morgan fingerprint density at radius 1 is 1.24 bits per heavy atom. The van der Waals surface area contributed by atoms with Gasteiger partial charge in [0.2, 0.25) is 0 Å². The van der Waals surface area contributed by atoms with Crippen LogP contribution in [0.4, 0.5) is 0 Å². The number of hydrogen-bond acceptors (Lipinski definition) is 5. The first-order valence-electron chi connectivity index (χ1n) is 7.90. The third kappa shape index (κ3) is 4.60. The quantitative estimate of drug-likeness (QED) is 0.901. The van der Waals surface area contributed by atoms with Gasteiger partial charge in [-0.15, -0.1) is 12.4 Å². The molecule has 132 valence electrons. The fourth-order valence-corrected chi connectivity index (χ4v) is 2.85. The SMILES string of the molecule is Cl.N#Cc1cccc(C(=O)N2CCN(CC(O)c3ccco3)CC2)c1. The molecule has 1 aliphatic rings. The van der Waals surface area contributed by atoms with E-state index in [2.05, 4.69) is 11.0 Å². The molecule has 1 N–H and O–H groups in total. The summed E-state index contributed by atoms with van der Waals surface area (Å²) in [6.07, 6.45) is 0.888. The highest BCUT2D eigenvalue weighted by Gasteiger charge is 2.24. The van der Waals surface area contributed by atoms with Crippen molar-refractivity contribution in [1.82, 2.24) is 9.80 Å². The van der Waals surface area contributed by atoms with Gasteiger partial charge in [0.05, 0.1) is 17.9 Å². The van der Waals surface area contributed by atoms with Crippen molar-refractivity contribution >= 4 is 18.3 Å². The first-order chi connectivity index (χ1) is 11.7. The number of piperazine rings is 1. The first kappa shape index (κ1) is 19.0. The smallest absolute Gasteiger partial charge is 0.253 e. The number of amides is 1. The Morgan fingerprint density at radius 3 is 2.64 bits per heavy atom. The van der Waals surface area contributed by atoms with Crippen LogP contribution >= 0.6 is 12.4 Å². The summed E-state index contributed by atoms with van der Waals surface area (Å²) in [5.41, 5.74) is 1.03. The van der Waals surface area contributed by atoms with E-state index in [1.807, 2.05) is 0 Å². The predicted octanol–water partition coefficient (Wildman–Crippen LogP) is 2.06. The maximum atomic E-state index is 12.5. The molecule has 1 saturated heterocycles. The number of β-amino-alcohol motifs (C(OH)–C–C–N with tert-alkyl or cyclic N) is 1. The van der Waals surface area contributed by atoms with E-state index in [0.29, 0.717) is 49.6 Å². The van der Waals surface area contributed by atoms with Gasteiger partial charge in [-0.05, 0) is 30.3 Å². The highest BCUT2D eigenvalue weighted by atomic mass is 35.5. The Morgan fingerprint density at radius 2 is 2.00 bits per heavy atom. The van der Waals surface area contributed by atoms with Crippen molar-refractivity contribution < 1.29 is 14.3 Å². The van der Waals surface area contributed by atoms with E-state index < -0.39 is 6.10 Å². The lowest BCUT2D eigenvalue weighted by Crippen LogP contribution is -2.49. The number of hydrogen-bond donors (Lipinski definition) is 1. The predicted molar refractivity (Wildman–Crippen MR) is 94.4 cm³/mol. The number of nitrogens with zero attached hydrogens (tertiary/aromatic N) is 3. The summed E-state index contributed by atoms with van der Waals surface area (Å²) >= 11 is 0. The number of benzene rings is 1. The van der Waals surface area contributed by atoms with Crippen molar-refractivity contribution in [2.24, 2.45) is 0 Å². The standard InChI is InChI=1S/C18H19N3O3.ClH/c19-12-14-3-1-4-15(11-14)18(23)21-8-6-20(7-9-21)13-16(22)17-5-2-10-24-17;/h1-5,10-11,16,22H,6-9,13H2;1H. The van der Waals surface area contributed by atoms with Gasteiger partial charge in [0.1, 0.15) is 11.9 Å². The van der Waals surface area contributed by atoms with Crippen LogP contribution in [0.1, 0.15) is 27.8 Å². The average Bonchev–Trinajstić information content (AvgIpc) is 3.16. The fraction of sp³-hybridized carbons (Fsp3) is 0.333. The molecule has 25 heavy (non-hydrogen) atoms. The van der Waals surface area contributed by atoms with Crippen molar-refractivity contribution in [2.75, 3.05) is 32.7 Å². The van der Waals surface area contributed by atoms with Gasteiger partial charge < -0.3 is 14.4 Å². The number of aliphatic hydroxyl groups is 1. The summed E-state index contributed by atoms with van der Waals surface area (Å²) in [6.45, 7) is 3.07. The molecule has 0 aliphatic carbocycles. The van der Waals surface area contributed by atoms with Gasteiger partial charge in [0.25, 0.3) is 5.91 Å². The van der Waals surface area contributed by atoms with Gasteiger partial charge >= 0.3 is 0 Å². The van der Waals surface area contributed by atoms with E-state index in [1.54, 1.807) is 47.6 Å². The number of aliphatic hydroxyl groups excluding tert-OH is 1. The maximum absolute atomic E-state index is 12.5. The Kier molecular flexibility index (Phi) is 6.59. The number of furan rings is 1. The number of nitriles is 1. The van der Waals surface area contributed by atoms with Crippen LogP contribution in [0, 0.1) is 11.3 Å². The molecular weight excluding hydrogens is 342 g/mol. The molecule has 0 radical (unpaired) electrons. The molecule has 0 spiro atoms. The molecule has 6 nitrogen and oxygen atoms in total. The molecule has 2 aromatic rings. The molecule has 1 aromatic carbocycles. The highest BCUT2D eigenvalue weighted by Crippen LogP contribution is 2.16. The lowest BCUT2D eigenvalue weighted by atomic mass is 10.1. The molecule has 1 fully saturated rings. The van der Waals surface area contributed by atoms with E-state index >= 15 is 0 Å². The largest absolute Gasteiger partial charge is 0.467 e. The van der Waals surface area contributed by atoms with Crippen molar-refractivity contribution in [3.63, 3.8) is 0 Å². The summed E-state index contributed by atoms with van der Waals surface area (Å²) in [6, 6.07) is 12.3. The molecule has 1 atom stereocenters. The van der Waals surface area contributed by atoms with Crippen molar-refractivity contribution in [1.29, 1.82) is 5.26 Å². The molecule has 1 aromatic heterocycles. The third-order valence-corrected chi connectivity index (χ3v) is 4.20. The van der Waals surface area contributed by atoms with Crippen LogP contribution in [0.5, 0.6) is 0 Å². The molecule has 3 rings (SSSR count). The van der Waals surface area contributed by atoms with Crippen LogP contribution < -0.4 is 0 Å².